The Hall–Kier alpha value is -2.49. The number of fused-ring (bicyclic) bond motifs is 1. The van der Waals surface area contributed by atoms with Gasteiger partial charge < -0.3 is 9.30 Å². The third-order valence-corrected chi connectivity index (χ3v) is 5.98. The number of carbonyl (C=O) groups excluding carboxylic acids is 1. The van der Waals surface area contributed by atoms with E-state index in [4.69, 9.17) is 4.74 Å². The first kappa shape index (κ1) is 20.2. The van der Waals surface area contributed by atoms with Crippen molar-refractivity contribution in [1.29, 1.82) is 0 Å². The van der Waals surface area contributed by atoms with Gasteiger partial charge in [0.2, 0.25) is 0 Å². The van der Waals surface area contributed by atoms with Crippen LogP contribution >= 0.6 is 23.1 Å². The third-order valence-electron chi connectivity index (χ3n) is 3.95. The van der Waals surface area contributed by atoms with Crippen molar-refractivity contribution in [1.82, 2.24) is 4.57 Å². The number of hydrogen-bond acceptors (Lipinski definition) is 6. The topological polar surface area (TPSA) is 86.7 Å². The van der Waals surface area contributed by atoms with Crippen molar-refractivity contribution in [3.05, 3.63) is 69.0 Å². The number of carbonyl (C=O) groups is 1. The van der Waals surface area contributed by atoms with Gasteiger partial charge in [0.25, 0.3) is 11.6 Å². The van der Waals surface area contributed by atoms with Crippen LogP contribution in [0.1, 0.15) is 5.56 Å². The molecule has 7 nitrogen and oxygen atoms in total. The van der Waals surface area contributed by atoms with Crippen molar-refractivity contribution in [3.8, 4) is 0 Å². The maximum absolute atomic E-state index is 12.3. The van der Waals surface area contributed by atoms with Gasteiger partial charge in [-0.05, 0) is 11.6 Å². The number of ether oxygens (including phenoxy) is 1. The van der Waals surface area contributed by atoms with Crippen LogP contribution in [0.3, 0.4) is 0 Å². The van der Waals surface area contributed by atoms with Gasteiger partial charge >= 0.3 is 0 Å². The summed E-state index contributed by atoms with van der Waals surface area (Å²) in [5.74, 6) is 0.783. The molecular formula is C19H19N3O4S2. The van der Waals surface area contributed by atoms with Gasteiger partial charge in [-0.1, -0.05) is 41.7 Å². The number of nitrogens with zero attached hydrogens (tertiary/aromatic N) is 3. The summed E-state index contributed by atoms with van der Waals surface area (Å²) in [4.78, 5) is 27.7. The molecule has 0 spiro atoms. The molecule has 0 saturated carbocycles. The minimum Gasteiger partial charge on any atom is -0.383 e. The quantitative estimate of drug-likeness (QED) is 0.413. The van der Waals surface area contributed by atoms with Gasteiger partial charge in [-0.25, -0.2) is 0 Å². The van der Waals surface area contributed by atoms with Gasteiger partial charge in [-0.2, -0.15) is 4.99 Å². The molecule has 0 bridgehead atoms. The number of thiazole rings is 1. The largest absolute Gasteiger partial charge is 0.383 e. The predicted octanol–water partition coefficient (Wildman–Crippen LogP) is 3.62. The summed E-state index contributed by atoms with van der Waals surface area (Å²) < 4.78 is 7.73. The highest BCUT2D eigenvalue weighted by molar-refractivity contribution is 7.99. The first-order valence-corrected chi connectivity index (χ1v) is 10.5. The monoisotopic (exact) mass is 417 g/mol. The second kappa shape index (κ2) is 9.63. The van der Waals surface area contributed by atoms with Crippen LogP contribution in [0, 0.1) is 10.1 Å². The normalized spacial score (nSPS) is 11.8. The number of nitro benzene ring substituents is 1. The van der Waals surface area contributed by atoms with Crippen molar-refractivity contribution in [3.63, 3.8) is 0 Å². The lowest BCUT2D eigenvalue weighted by Gasteiger charge is -2.04. The average Bonchev–Trinajstić information content (AvgIpc) is 3.03. The third kappa shape index (κ3) is 5.06. The zero-order chi connectivity index (χ0) is 19.9. The number of thioether (sulfide) groups is 1. The lowest BCUT2D eigenvalue weighted by molar-refractivity contribution is -0.384. The fraction of sp³-hybridized carbons (Fsp3) is 0.263. The molecular weight excluding hydrogens is 398 g/mol. The van der Waals surface area contributed by atoms with Crippen LogP contribution in [0.5, 0.6) is 0 Å². The number of rotatable bonds is 8. The molecule has 0 unspecified atom stereocenters. The van der Waals surface area contributed by atoms with E-state index in [1.165, 1.54) is 35.2 Å². The van der Waals surface area contributed by atoms with Crippen molar-refractivity contribution >= 4 is 44.9 Å². The van der Waals surface area contributed by atoms with E-state index in [2.05, 4.69) is 4.99 Å². The van der Waals surface area contributed by atoms with Crippen LogP contribution < -0.4 is 4.80 Å². The zero-order valence-corrected chi connectivity index (χ0v) is 16.9. The van der Waals surface area contributed by atoms with Crippen LogP contribution in [0.4, 0.5) is 5.69 Å². The molecule has 0 radical (unpaired) electrons. The van der Waals surface area contributed by atoms with Crippen LogP contribution in [-0.2, 0) is 21.8 Å². The fourth-order valence-electron chi connectivity index (χ4n) is 2.63. The summed E-state index contributed by atoms with van der Waals surface area (Å²) >= 11 is 2.78. The zero-order valence-electron chi connectivity index (χ0n) is 15.2. The molecule has 0 aliphatic heterocycles. The molecule has 3 aromatic rings. The molecule has 1 aromatic heterocycles. The Balaban J connectivity index is 1.82. The Labute approximate surface area is 169 Å². The fourth-order valence-corrected chi connectivity index (χ4v) is 4.50. The Morgan fingerprint density at radius 3 is 2.79 bits per heavy atom. The van der Waals surface area contributed by atoms with Crippen LogP contribution in [-0.4, -0.2) is 34.9 Å². The van der Waals surface area contributed by atoms with Crippen molar-refractivity contribution in [2.75, 3.05) is 19.5 Å². The number of amides is 1. The molecule has 1 amide bonds. The Kier molecular flexibility index (Phi) is 6.96. The summed E-state index contributed by atoms with van der Waals surface area (Å²) in [5.41, 5.74) is 1.98. The van der Waals surface area contributed by atoms with E-state index in [1.807, 2.05) is 34.9 Å². The van der Waals surface area contributed by atoms with Gasteiger partial charge in [0, 0.05) is 31.5 Å². The average molecular weight is 418 g/mol. The predicted molar refractivity (Wildman–Crippen MR) is 112 cm³/mol. The van der Waals surface area contributed by atoms with E-state index in [-0.39, 0.29) is 17.3 Å². The lowest BCUT2D eigenvalue weighted by Crippen LogP contribution is -2.19. The standard InChI is InChI=1S/C19H19N3O4S2/c1-26-10-9-21-16-8-7-15(22(24)25)11-17(16)28-19(21)20-18(23)13-27-12-14-5-3-2-4-6-14/h2-8,11H,9-10,12-13H2,1H3. The van der Waals surface area contributed by atoms with Crippen LogP contribution in [0.15, 0.2) is 53.5 Å². The molecule has 2 aromatic carbocycles. The second-order valence-electron chi connectivity index (χ2n) is 5.92. The molecule has 146 valence electrons. The number of aromatic nitrogens is 1. The van der Waals surface area contributed by atoms with Gasteiger partial charge in [0.05, 0.1) is 27.5 Å². The molecule has 28 heavy (non-hydrogen) atoms. The molecule has 9 heteroatoms. The van der Waals surface area contributed by atoms with E-state index >= 15 is 0 Å². The van der Waals surface area contributed by atoms with Gasteiger partial charge in [-0.3, -0.25) is 14.9 Å². The molecule has 0 N–H and O–H groups in total. The van der Waals surface area contributed by atoms with E-state index in [0.29, 0.717) is 22.7 Å². The van der Waals surface area contributed by atoms with Gasteiger partial charge in [-0.15, -0.1) is 11.8 Å². The van der Waals surface area contributed by atoms with E-state index in [9.17, 15) is 14.9 Å². The van der Waals surface area contributed by atoms with Gasteiger partial charge in [0.15, 0.2) is 4.80 Å². The van der Waals surface area contributed by atoms with Gasteiger partial charge in [0.1, 0.15) is 0 Å². The maximum atomic E-state index is 12.3. The number of nitro groups is 1. The molecule has 0 fully saturated rings. The summed E-state index contributed by atoms with van der Waals surface area (Å²) in [6.07, 6.45) is 0. The number of non-ortho nitro benzene ring substituents is 1. The summed E-state index contributed by atoms with van der Waals surface area (Å²) in [6, 6.07) is 14.6. The number of hydrogen-bond donors (Lipinski definition) is 0. The summed E-state index contributed by atoms with van der Waals surface area (Å²) in [7, 11) is 1.60. The molecule has 1 heterocycles. The molecule has 3 rings (SSSR count). The summed E-state index contributed by atoms with van der Waals surface area (Å²) in [5, 5.41) is 11.0. The van der Waals surface area contributed by atoms with E-state index < -0.39 is 4.92 Å². The Morgan fingerprint density at radius 1 is 1.29 bits per heavy atom. The maximum Gasteiger partial charge on any atom is 0.270 e. The van der Waals surface area contributed by atoms with Crippen LogP contribution in [0.25, 0.3) is 10.2 Å². The molecule has 0 atom stereocenters. The first-order valence-electron chi connectivity index (χ1n) is 8.54. The Bertz CT molecular complexity index is 1040. The smallest absolute Gasteiger partial charge is 0.270 e. The second-order valence-corrected chi connectivity index (χ2v) is 7.92. The lowest BCUT2D eigenvalue weighted by atomic mass is 10.2. The van der Waals surface area contributed by atoms with E-state index in [1.54, 1.807) is 13.2 Å². The minimum atomic E-state index is -0.430. The highest BCUT2D eigenvalue weighted by Crippen LogP contribution is 2.23. The van der Waals surface area contributed by atoms with Crippen molar-refractivity contribution < 1.29 is 14.5 Å². The minimum absolute atomic E-state index is 0.0175. The first-order chi connectivity index (χ1) is 13.6. The van der Waals surface area contributed by atoms with Crippen molar-refractivity contribution in [2.45, 2.75) is 12.3 Å². The van der Waals surface area contributed by atoms with Crippen molar-refractivity contribution in [2.24, 2.45) is 4.99 Å². The molecule has 0 aliphatic carbocycles. The number of methoxy groups -OCH3 is 1. The number of benzene rings is 2. The highest BCUT2D eigenvalue weighted by atomic mass is 32.2. The summed E-state index contributed by atoms with van der Waals surface area (Å²) in [6.45, 7) is 0.963. The molecule has 0 aliphatic rings. The van der Waals surface area contributed by atoms with E-state index in [0.717, 1.165) is 16.8 Å². The Morgan fingerprint density at radius 2 is 2.07 bits per heavy atom. The molecule has 0 saturated heterocycles. The van der Waals surface area contributed by atoms with Crippen LogP contribution in [0.2, 0.25) is 0 Å². The highest BCUT2D eigenvalue weighted by Gasteiger charge is 2.12. The SMILES string of the molecule is COCCn1c(=NC(=O)CSCc2ccccc2)sc2cc([N+](=O)[O-])ccc21.